The number of carbonyl (C=O) groups is 3. The highest BCUT2D eigenvalue weighted by atomic mass is 16.6. The van der Waals surface area contributed by atoms with Crippen LogP contribution < -0.4 is 4.90 Å². The molecule has 8 nitrogen and oxygen atoms in total. The third-order valence-electron chi connectivity index (χ3n) is 9.00. The molecule has 39 heavy (non-hydrogen) atoms. The third kappa shape index (κ3) is 4.25. The molecule has 5 rings (SSSR count). The van der Waals surface area contributed by atoms with Crippen LogP contribution in [-0.4, -0.2) is 71.3 Å². The molecule has 8 heteroatoms. The fourth-order valence-electron chi connectivity index (χ4n) is 6.99. The Morgan fingerprint density at radius 2 is 2.00 bits per heavy atom. The molecule has 3 fully saturated rings. The maximum Gasteiger partial charge on any atom is 0.312 e. The van der Waals surface area contributed by atoms with Gasteiger partial charge in [0.1, 0.15) is 11.6 Å². The maximum absolute atomic E-state index is 14.7. The average Bonchev–Trinajstić information content (AvgIpc) is 3.59. The fraction of sp³-hybridized carbons (Fsp3) is 0.516. The number of nitrogens with zero attached hydrogens (tertiary/aromatic N) is 2. The van der Waals surface area contributed by atoms with Crippen molar-refractivity contribution in [3.63, 3.8) is 0 Å². The molecule has 3 aliphatic rings. The lowest BCUT2D eigenvalue weighted by atomic mass is 9.70. The molecule has 0 aromatic heterocycles. The molecule has 1 N–H and O–H groups in total. The van der Waals surface area contributed by atoms with Gasteiger partial charge in [-0.15, -0.1) is 6.58 Å². The Bertz CT molecular complexity index is 1280. The van der Waals surface area contributed by atoms with E-state index in [1.807, 2.05) is 56.3 Å². The number of hydrogen-bond donors (Lipinski definition) is 1. The summed E-state index contributed by atoms with van der Waals surface area (Å²) in [6.07, 6.45) is 2.94. The third-order valence-corrected chi connectivity index (χ3v) is 9.00. The van der Waals surface area contributed by atoms with E-state index in [0.717, 1.165) is 10.8 Å². The van der Waals surface area contributed by atoms with E-state index in [9.17, 15) is 19.5 Å². The quantitative estimate of drug-likeness (QED) is 0.369. The summed E-state index contributed by atoms with van der Waals surface area (Å²) in [5.74, 6) is -2.74. The van der Waals surface area contributed by atoms with Crippen LogP contribution >= 0.6 is 0 Å². The summed E-state index contributed by atoms with van der Waals surface area (Å²) in [5, 5.41) is 12.5. The van der Waals surface area contributed by atoms with Crippen LogP contribution in [0.25, 0.3) is 10.8 Å². The van der Waals surface area contributed by atoms with Crippen LogP contribution in [-0.2, 0) is 23.9 Å². The molecular weight excluding hydrogens is 496 g/mol. The number of aliphatic hydroxyl groups excluding tert-OH is 1. The molecule has 0 saturated carbocycles. The minimum absolute atomic E-state index is 0.0729. The molecule has 1 spiro atoms. The van der Waals surface area contributed by atoms with Gasteiger partial charge in [0, 0.05) is 12.2 Å². The first kappa shape index (κ1) is 27.3. The van der Waals surface area contributed by atoms with E-state index >= 15 is 0 Å². The Balaban J connectivity index is 1.62. The van der Waals surface area contributed by atoms with Gasteiger partial charge in [-0.3, -0.25) is 14.4 Å². The largest absolute Gasteiger partial charge is 0.466 e. The van der Waals surface area contributed by atoms with Gasteiger partial charge in [-0.25, -0.2) is 0 Å². The number of carbonyl (C=O) groups excluding carboxylic acids is 3. The minimum atomic E-state index is -1.16. The van der Waals surface area contributed by atoms with Gasteiger partial charge < -0.3 is 24.4 Å². The Morgan fingerprint density at radius 3 is 2.67 bits per heavy atom. The lowest BCUT2D eigenvalue weighted by molar-refractivity contribution is -0.155. The molecule has 7 atom stereocenters. The van der Waals surface area contributed by atoms with E-state index in [2.05, 4.69) is 6.58 Å². The molecule has 2 bridgehead atoms. The first-order valence-electron chi connectivity index (χ1n) is 14.0. The van der Waals surface area contributed by atoms with Gasteiger partial charge in [-0.2, -0.15) is 0 Å². The van der Waals surface area contributed by atoms with Gasteiger partial charge in [0.2, 0.25) is 5.91 Å². The smallest absolute Gasteiger partial charge is 0.312 e. The SMILES string of the molecule is C=CCN(C(=O)[C@H]1N([C@@H](CO)[C@@H](C)CC)C(=O)[C@@H]2[C@@H](C(=O)OCC)[C@H]3CC[C@]21O3)c1ccc2ccccc2c1. The van der Waals surface area contributed by atoms with Gasteiger partial charge in [0.25, 0.3) is 5.91 Å². The Hall–Kier alpha value is -3.23. The predicted molar refractivity (Wildman–Crippen MR) is 148 cm³/mol. The van der Waals surface area contributed by atoms with E-state index in [1.165, 1.54) is 0 Å². The predicted octanol–water partition coefficient (Wildman–Crippen LogP) is 3.70. The number of anilines is 1. The van der Waals surface area contributed by atoms with Crippen LogP contribution in [0.4, 0.5) is 5.69 Å². The molecular formula is C31H38N2O6. The second-order valence-electron chi connectivity index (χ2n) is 11.0. The Morgan fingerprint density at radius 1 is 1.26 bits per heavy atom. The number of aliphatic hydroxyl groups is 1. The maximum atomic E-state index is 14.7. The van der Waals surface area contributed by atoms with Gasteiger partial charge in [0.05, 0.1) is 37.2 Å². The summed E-state index contributed by atoms with van der Waals surface area (Å²) in [6.45, 7) is 9.71. The Kier molecular flexibility index (Phi) is 7.53. The topological polar surface area (TPSA) is 96.4 Å². The first-order chi connectivity index (χ1) is 18.8. The summed E-state index contributed by atoms with van der Waals surface area (Å²) < 4.78 is 11.9. The van der Waals surface area contributed by atoms with Crippen LogP contribution in [0.1, 0.15) is 40.0 Å². The number of benzene rings is 2. The van der Waals surface area contributed by atoms with Crippen LogP contribution in [0.15, 0.2) is 55.1 Å². The van der Waals surface area contributed by atoms with Crippen molar-refractivity contribution in [3.8, 4) is 0 Å². The van der Waals surface area contributed by atoms with Crippen molar-refractivity contribution in [2.24, 2.45) is 17.8 Å². The van der Waals surface area contributed by atoms with Crippen molar-refractivity contribution < 1.29 is 29.0 Å². The van der Waals surface area contributed by atoms with Crippen molar-refractivity contribution in [2.75, 3.05) is 24.7 Å². The number of likely N-dealkylation sites (tertiary alicyclic amines) is 1. The van der Waals surface area contributed by atoms with E-state index in [0.29, 0.717) is 24.9 Å². The zero-order chi connectivity index (χ0) is 27.9. The molecule has 2 amide bonds. The number of fused-ring (bicyclic) bond motifs is 2. The van der Waals surface area contributed by atoms with Crippen LogP contribution in [0.3, 0.4) is 0 Å². The number of ether oxygens (including phenoxy) is 2. The first-order valence-corrected chi connectivity index (χ1v) is 14.0. The van der Waals surface area contributed by atoms with Crippen molar-refractivity contribution in [2.45, 2.75) is 63.8 Å². The van der Waals surface area contributed by atoms with Gasteiger partial charge in [-0.1, -0.05) is 56.7 Å². The monoisotopic (exact) mass is 534 g/mol. The molecule has 2 aromatic carbocycles. The number of esters is 1. The lowest BCUT2D eigenvalue weighted by Crippen LogP contribution is -2.60. The second-order valence-corrected chi connectivity index (χ2v) is 11.0. The molecule has 2 aromatic rings. The van der Waals surface area contributed by atoms with Gasteiger partial charge in [0.15, 0.2) is 0 Å². The zero-order valence-electron chi connectivity index (χ0n) is 22.9. The van der Waals surface area contributed by atoms with E-state index in [-0.39, 0.29) is 37.5 Å². The summed E-state index contributed by atoms with van der Waals surface area (Å²) in [6, 6.07) is 12.2. The normalized spacial score (nSPS) is 28.8. The van der Waals surface area contributed by atoms with Crippen molar-refractivity contribution >= 4 is 34.2 Å². The van der Waals surface area contributed by atoms with Crippen molar-refractivity contribution in [1.29, 1.82) is 0 Å². The molecule has 3 heterocycles. The lowest BCUT2D eigenvalue weighted by Gasteiger charge is -2.41. The Labute approximate surface area is 229 Å². The molecule has 0 unspecified atom stereocenters. The van der Waals surface area contributed by atoms with Crippen molar-refractivity contribution in [3.05, 3.63) is 55.1 Å². The number of amides is 2. The molecule has 3 aliphatic heterocycles. The molecule has 3 saturated heterocycles. The van der Waals surface area contributed by atoms with Gasteiger partial charge in [-0.05, 0) is 48.6 Å². The molecule has 0 radical (unpaired) electrons. The van der Waals surface area contributed by atoms with Crippen molar-refractivity contribution in [1.82, 2.24) is 4.90 Å². The summed E-state index contributed by atoms with van der Waals surface area (Å²) in [7, 11) is 0. The highest BCUT2D eigenvalue weighted by Gasteiger charge is 2.75. The molecule has 0 aliphatic carbocycles. The standard InChI is InChI=1S/C31H38N2O6/c1-5-16-32(22-13-12-20-10-8-9-11-21(20)17-22)29(36)27-31-15-14-24(39-31)25(30(37)38-7-3)26(31)28(35)33(27)23(18-34)19(4)6-2/h5,8-13,17,19,23-27,34H,1,6-7,14-16,18H2,2-4H3/t19-,23-,24+,25-,26-,27+,31-/m0/s1. The fourth-order valence-corrected chi connectivity index (χ4v) is 6.99. The summed E-state index contributed by atoms with van der Waals surface area (Å²) >= 11 is 0. The van der Waals surface area contributed by atoms with Gasteiger partial charge >= 0.3 is 5.97 Å². The van der Waals surface area contributed by atoms with Crippen LogP contribution in [0.5, 0.6) is 0 Å². The molecule has 208 valence electrons. The van der Waals surface area contributed by atoms with Crippen LogP contribution in [0, 0.1) is 17.8 Å². The summed E-state index contributed by atoms with van der Waals surface area (Å²) in [4.78, 5) is 45.2. The number of hydrogen-bond acceptors (Lipinski definition) is 6. The van der Waals surface area contributed by atoms with E-state index in [1.54, 1.807) is 22.8 Å². The highest BCUT2D eigenvalue weighted by Crippen LogP contribution is 2.59. The zero-order valence-corrected chi connectivity index (χ0v) is 22.9. The minimum Gasteiger partial charge on any atom is -0.466 e. The van der Waals surface area contributed by atoms with Crippen LogP contribution in [0.2, 0.25) is 0 Å². The number of rotatable bonds is 10. The van der Waals surface area contributed by atoms with E-state index in [4.69, 9.17) is 9.47 Å². The highest BCUT2D eigenvalue weighted by molar-refractivity contribution is 6.05. The second kappa shape index (κ2) is 10.7. The van der Waals surface area contributed by atoms with E-state index < -0.39 is 41.6 Å². The average molecular weight is 535 g/mol. The summed E-state index contributed by atoms with van der Waals surface area (Å²) in [5.41, 5.74) is -0.475.